The molecule has 6 heteroatoms. The molecule has 1 aliphatic rings. The van der Waals surface area contributed by atoms with E-state index in [1.807, 2.05) is 0 Å². The van der Waals surface area contributed by atoms with Gasteiger partial charge in [-0.3, -0.25) is 0 Å². The van der Waals surface area contributed by atoms with Crippen molar-refractivity contribution in [2.75, 3.05) is 23.1 Å². The van der Waals surface area contributed by atoms with E-state index in [4.69, 9.17) is 16.6 Å². The number of imidazole rings is 1. The van der Waals surface area contributed by atoms with E-state index in [1.54, 1.807) is 0 Å². The normalized spacial score (nSPS) is 19.6. The predicted octanol–water partition coefficient (Wildman–Crippen LogP) is 4.27. The molecule has 1 saturated heterocycles. The molecule has 1 aliphatic heterocycles. The molecule has 2 heterocycles. The van der Waals surface area contributed by atoms with Gasteiger partial charge < -0.3 is 4.57 Å². The number of aromatic nitrogens is 2. The molecular weight excluding hydrogens is 423 g/mol. The Morgan fingerprint density at radius 2 is 2.30 bits per heavy atom. The smallest absolute Gasteiger partial charge is 0.111 e. The molecule has 108 valence electrons. The van der Waals surface area contributed by atoms with Gasteiger partial charge >= 0.3 is 0 Å². The third-order valence-electron chi connectivity index (χ3n) is 3.38. The zero-order valence-corrected chi connectivity index (χ0v) is 15.6. The van der Waals surface area contributed by atoms with Gasteiger partial charge in [0.05, 0.1) is 11.0 Å². The van der Waals surface area contributed by atoms with Crippen molar-refractivity contribution in [3.8, 4) is 0 Å². The number of nitrogens with zero attached hydrogens (tertiary/aromatic N) is 2. The van der Waals surface area contributed by atoms with Crippen molar-refractivity contribution in [1.82, 2.24) is 9.55 Å². The molecule has 0 aliphatic carbocycles. The second-order valence-electron chi connectivity index (χ2n) is 4.78. The molecule has 0 radical (unpaired) electrons. The Morgan fingerprint density at radius 1 is 1.40 bits per heavy atom. The predicted molar refractivity (Wildman–Crippen MR) is 100 cm³/mol. The molecule has 2 nitrogen and oxygen atoms in total. The minimum atomic E-state index is 0.632. The fourth-order valence-corrected chi connectivity index (χ4v) is 5.77. The van der Waals surface area contributed by atoms with E-state index in [2.05, 4.69) is 68.9 Å². The maximum absolute atomic E-state index is 5.95. The molecule has 1 unspecified atom stereocenters. The van der Waals surface area contributed by atoms with Crippen LogP contribution >= 0.6 is 57.7 Å². The maximum atomic E-state index is 5.95. The Labute approximate surface area is 146 Å². The number of benzene rings is 1. The lowest BCUT2D eigenvalue weighted by Gasteiger charge is -2.22. The summed E-state index contributed by atoms with van der Waals surface area (Å²) in [5.41, 5.74) is 2.35. The Morgan fingerprint density at radius 3 is 3.05 bits per heavy atom. The van der Waals surface area contributed by atoms with E-state index in [0.717, 1.165) is 24.3 Å². The van der Waals surface area contributed by atoms with E-state index in [-0.39, 0.29) is 0 Å². The third-order valence-corrected chi connectivity index (χ3v) is 7.07. The SMILES string of the molecule is ClCCc1nc2cc(I)ccc2n1CC1CSCCS1. The molecule has 2 aromatic rings. The summed E-state index contributed by atoms with van der Waals surface area (Å²) in [7, 11) is 0. The van der Waals surface area contributed by atoms with Gasteiger partial charge in [0, 0.05) is 44.9 Å². The van der Waals surface area contributed by atoms with Gasteiger partial charge in [0.15, 0.2) is 0 Å². The van der Waals surface area contributed by atoms with Gasteiger partial charge in [-0.2, -0.15) is 23.5 Å². The highest BCUT2D eigenvalue weighted by atomic mass is 127. The van der Waals surface area contributed by atoms with Gasteiger partial charge in [0.25, 0.3) is 0 Å². The number of rotatable bonds is 4. The summed E-state index contributed by atoms with van der Waals surface area (Å²) < 4.78 is 3.62. The van der Waals surface area contributed by atoms with E-state index in [9.17, 15) is 0 Å². The molecule has 1 atom stereocenters. The number of aryl methyl sites for hydroxylation is 1. The van der Waals surface area contributed by atoms with E-state index >= 15 is 0 Å². The first-order chi connectivity index (χ1) is 9.78. The zero-order valence-electron chi connectivity index (χ0n) is 11.0. The van der Waals surface area contributed by atoms with Crippen LogP contribution in [0.2, 0.25) is 0 Å². The van der Waals surface area contributed by atoms with Gasteiger partial charge in [-0.05, 0) is 40.8 Å². The Kier molecular flexibility index (Phi) is 5.45. The van der Waals surface area contributed by atoms with Crippen LogP contribution in [0, 0.1) is 3.57 Å². The molecule has 3 rings (SSSR count). The van der Waals surface area contributed by atoms with Crippen molar-refractivity contribution in [2.24, 2.45) is 0 Å². The highest BCUT2D eigenvalue weighted by Gasteiger charge is 2.18. The fraction of sp³-hybridized carbons (Fsp3) is 0.500. The van der Waals surface area contributed by atoms with Gasteiger partial charge in [-0.1, -0.05) is 0 Å². The lowest BCUT2D eigenvalue weighted by molar-refractivity contribution is 0.674. The minimum absolute atomic E-state index is 0.632. The van der Waals surface area contributed by atoms with Crippen LogP contribution in [0.3, 0.4) is 0 Å². The molecule has 1 fully saturated rings. The van der Waals surface area contributed by atoms with Gasteiger partial charge in [0.1, 0.15) is 5.82 Å². The quantitative estimate of drug-likeness (QED) is 0.524. The number of hydrogen-bond donors (Lipinski definition) is 0. The molecule has 20 heavy (non-hydrogen) atoms. The van der Waals surface area contributed by atoms with Gasteiger partial charge in [-0.15, -0.1) is 11.6 Å². The first-order valence-electron chi connectivity index (χ1n) is 6.68. The second-order valence-corrected chi connectivity index (χ2v) is 8.96. The summed E-state index contributed by atoms with van der Waals surface area (Å²) in [5.74, 6) is 5.57. The van der Waals surface area contributed by atoms with Crippen LogP contribution in [-0.4, -0.2) is 37.9 Å². The van der Waals surface area contributed by atoms with Crippen molar-refractivity contribution in [1.29, 1.82) is 0 Å². The summed E-state index contributed by atoms with van der Waals surface area (Å²) in [5, 5.41) is 0.694. The highest BCUT2D eigenvalue weighted by Crippen LogP contribution is 2.28. The standard InChI is InChI=1S/C14H16ClIN2S2/c15-4-3-14-17-12-7-10(16)1-2-13(12)18(14)8-11-9-19-5-6-20-11/h1-2,7,11H,3-6,8-9H2. The number of halogens is 2. The average Bonchev–Trinajstić information content (AvgIpc) is 2.77. The zero-order chi connectivity index (χ0) is 13.9. The van der Waals surface area contributed by atoms with Crippen LogP contribution in [-0.2, 0) is 13.0 Å². The van der Waals surface area contributed by atoms with Crippen molar-refractivity contribution < 1.29 is 0 Å². The molecule has 0 bridgehead atoms. The molecular formula is C14H16ClIN2S2. The maximum Gasteiger partial charge on any atom is 0.111 e. The van der Waals surface area contributed by atoms with Crippen molar-refractivity contribution in [3.63, 3.8) is 0 Å². The van der Waals surface area contributed by atoms with E-state index in [1.165, 1.54) is 26.3 Å². The van der Waals surface area contributed by atoms with Crippen molar-refractivity contribution in [3.05, 3.63) is 27.6 Å². The monoisotopic (exact) mass is 438 g/mol. The largest absolute Gasteiger partial charge is 0.327 e. The molecule has 0 saturated carbocycles. The Balaban J connectivity index is 1.95. The van der Waals surface area contributed by atoms with Crippen LogP contribution < -0.4 is 0 Å². The fourth-order valence-electron chi connectivity index (χ4n) is 2.48. The number of hydrogen-bond acceptors (Lipinski definition) is 3. The first kappa shape index (κ1) is 15.3. The average molecular weight is 439 g/mol. The van der Waals surface area contributed by atoms with Crippen LogP contribution in [0.25, 0.3) is 11.0 Å². The van der Waals surface area contributed by atoms with Crippen LogP contribution in [0.1, 0.15) is 5.82 Å². The summed E-state index contributed by atoms with van der Waals surface area (Å²) in [4.78, 5) is 4.79. The molecule has 0 spiro atoms. The molecule has 1 aromatic heterocycles. The third kappa shape index (κ3) is 3.42. The van der Waals surface area contributed by atoms with Crippen LogP contribution in [0.15, 0.2) is 18.2 Å². The van der Waals surface area contributed by atoms with E-state index < -0.39 is 0 Å². The summed E-state index contributed by atoms with van der Waals surface area (Å²) in [6.07, 6.45) is 0.845. The number of thioether (sulfide) groups is 2. The Bertz CT molecular complexity index is 596. The molecule has 0 N–H and O–H groups in total. The van der Waals surface area contributed by atoms with E-state index in [0.29, 0.717) is 11.1 Å². The van der Waals surface area contributed by atoms with Crippen molar-refractivity contribution in [2.45, 2.75) is 18.2 Å². The topological polar surface area (TPSA) is 17.8 Å². The van der Waals surface area contributed by atoms with Crippen LogP contribution in [0.5, 0.6) is 0 Å². The summed E-state index contributed by atoms with van der Waals surface area (Å²) >= 11 is 12.5. The second kappa shape index (κ2) is 7.11. The minimum Gasteiger partial charge on any atom is -0.327 e. The molecule has 1 aromatic carbocycles. The first-order valence-corrected chi connectivity index (χ1v) is 10.5. The van der Waals surface area contributed by atoms with Crippen LogP contribution in [0.4, 0.5) is 0 Å². The number of alkyl halides is 1. The summed E-state index contributed by atoms with van der Waals surface area (Å²) in [6, 6.07) is 6.52. The molecule has 0 amide bonds. The van der Waals surface area contributed by atoms with Gasteiger partial charge in [0.2, 0.25) is 0 Å². The highest BCUT2D eigenvalue weighted by molar-refractivity contribution is 14.1. The lowest BCUT2D eigenvalue weighted by atomic mass is 10.3. The summed E-state index contributed by atoms with van der Waals surface area (Å²) in [6.45, 7) is 1.06. The number of fused-ring (bicyclic) bond motifs is 1. The Hall–Kier alpha value is 0.410. The van der Waals surface area contributed by atoms with Crippen molar-refractivity contribution >= 4 is 68.7 Å². The van der Waals surface area contributed by atoms with Gasteiger partial charge in [-0.25, -0.2) is 4.98 Å². The lowest BCUT2D eigenvalue weighted by Crippen LogP contribution is -2.21.